The van der Waals surface area contributed by atoms with E-state index in [9.17, 15) is 14.4 Å². The Morgan fingerprint density at radius 3 is 2.86 bits per heavy atom. The molecule has 1 aromatic heterocycles. The minimum absolute atomic E-state index is 0.198. The van der Waals surface area contributed by atoms with Crippen LogP contribution in [0.5, 0.6) is 5.75 Å². The second-order valence-electron chi connectivity index (χ2n) is 5.36. The Morgan fingerprint density at radius 2 is 2.18 bits per heavy atom. The number of urea groups is 2. The molecule has 22 heavy (non-hydrogen) atoms. The summed E-state index contributed by atoms with van der Waals surface area (Å²) in [5.74, 6) is 0.911. The standard InChI is InChI=1S/C14H17N3O5/c1-9-6-11(7-12(18)21-9)22-10-2-4-16(8-10)14(20)17-5-3-15-13(17)19/h6-7,10H,2-5,8H2,1H3,(H,15,19). The van der Waals surface area contributed by atoms with Crippen molar-refractivity contribution in [2.75, 3.05) is 26.2 Å². The van der Waals surface area contributed by atoms with E-state index in [1.807, 2.05) is 0 Å². The Hall–Kier alpha value is -2.51. The Morgan fingerprint density at radius 1 is 1.36 bits per heavy atom. The molecule has 8 nitrogen and oxygen atoms in total. The van der Waals surface area contributed by atoms with Crippen molar-refractivity contribution in [2.45, 2.75) is 19.4 Å². The lowest BCUT2D eigenvalue weighted by atomic mass is 10.3. The lowest BCUT2D eigenvalue weighted by Gasteiger charge is -2.21. The number of imide groups is 1. The van der Waals surface area contributed by atoms with E-state index >= 15 is 0 Å². The number of likely N-dealkylation sites (tertiary alicyclic amines) is 1. The van der Waals surface area contributed by atoms with Crippen molar-refractivity contribution in [3.8, 4) is 5.75 Å². The molecule has 118 valence electrons. The van der Waals surface area contributed by atoms with Crippen LogP contribution < -0.4 is 15.7 Å². The number of rotatable bonds is 2. The predicted molar refractivity (Wildman–Crippen MR) is 75.8 cm³/mol. The molecule has 2 fully saturated rings. The molecule has 1 N–H and O–H groups in total. The van der Waals surface area contributed by atoms with Crippen molar-refractivity contribution in [1.29, 1.82) is 0 Å². The van der Waals surface area contributed by atoms with Crippen LogP contribution in [-0.2, 0) is 0 Å². The molecule has 3 heterocycles. The Balaban J connectivity index is 1.61. The minimum Gasteiger partial charge on any atom is -0.488 e. The molecule has 1 aromatic rings. The van der Waals surface area contributed by atoms with Crippen molar-refractivity contribution in [3.05, 3.63) is 28.3 Å². The summed E-state index contributed by atoms with van der Waals surface area (Å²) in [5, 5.41) is 2.60. The van der Waals surface area contributed by atoms with Crippen molar-refractivity contribution in [1.82, 2.24) is 15.1 Å². The maximum atomic E-state index is 12.2. The summed E-state index contributed by atoms with van der Waals surface area (Å²) < 4.78 is 10.6. The maximum absolute atomic E-state index is 12.2. The van der Waals surface area contributed by atoms with Crippen LogP contribution in [0.3, 0.4) is 0 Å². The third-order valence-corrected chi connectivity index (χ3v) is 3.67. The van der Waals surface area contributed by atoms with Crippen LogP contribution in [0.4, 0.5) is 9.59 Å². The number of amides is 4. The van der Waals surface area contributed by atoms with Gasteiger partial charge in [-0.05, 0) is 6.92 Å². The highest BCUT2D eigenvalue weighted by atomic mass is 16.5. The monoisotopic (exact) mass is 307 g/mol. The van der Waals surface area contributed by atoms with Crippen LogP contribution in [-0.4, -0.2) is 54.1 Å². The molecule has 4 amide bonds. The first kappa shape index (κ1) is 14.4. The van der Waals surface area contributed by atoms with E-state index in [0.29, 0.717) is 44.1 Å². The highest BCUT2D eigenvalue weighted by molar-refractivity contribution is 5.95. The van der Waals surface area contributed by atoms with Crippen LogP contribution in [0.1, 0.15) is 12.2 Å². The largest absolute Gasteiger partial charge is 0.488 e. The van der Waals surface area contributed by atoms with Crippen molar-refractivity contribution < 1.29 is 18.7 Å². The molecule has 1 atom stereocenters. The van der Waals surface area contributed by atoms with Crippen LogP contribution in [0.15, 0.2) is 21.3 Å². The van der Waals surface area contributed by atoms with Gasteiger partial charge in [0.2, 0.25) is 0 Å². The van der Waals surface area contributed by atoms with Crippen LogP contribution in [0.2, 0.25) is 0 Å². The van der Waals surface area contributed by atoms with E-state index in [1.54, 1.807) is 17.9 Å². The van der Waals surface area contributed by atoms with Crippen LogP contribution >= 0.6 is 0 Å². The molecule has 0 aliphatic carbocycles. The normalized spacial score (nSPS) is 21.1. The van der Waals surface area contributed by atoms with E-state index < -0.39 is 5.63 Å². The van der Waals surface area contributed by atoms with Gasteiger partial charge in [0.25, 0.3) is 0 Å². The lowest BCUT2D eigenvalue weighted by molar-refractivity contribution is 0.161. The number of ether oxygens (including phenoxy) is 1. The molecule has 0 bridgehead atoms. The number of nitrogens with zero attached hydrogens (tertiary/aromatic N) is 2. The Kier molecular flexibility index (Phi) is 3.74. The zero-order valence-corrected chi connectivity index (χ0v) is 12.2. The first-order valence-corrected chi connectivity index (χ1v) is 7.15. The van der Waals surface area contributed by atoms with Gasteiger partial charge in [0.15, 0.2) is 0 Å². The second-order valence-corrected chi connectivity index (χ2v) is 5.36. The van der Waals surface area contributed by atoms with Crippen molar-refractivity contribution >= 4 is 12.1 Å². The van der Waals surface area contributed by atoms with E-state index in [2.05, 4.69) is 5.32 Å². The lowest BCUT2D eigenvalue weighted by Crippen LogP contribution is -2.44. The minimum atomic E-state index is -0.463. The van der Waals surface area contributed by atoms with Gasteiger partial charge in [0.05, 0.1) is 12.6 Å². The molecule has 0 radical (unpaired) electrons. The predicted octanol–water partition coefficient (Wildman–Crippen LogP) is 0.547. The molecule has 8 heteroatoms. The number of aryl methyl sites for hydroxylation is 1. The number of hydrogen-bond acceptors (Lipinski definition) is 5. The third kappa shape index (κ3) is 2.90. The van der Waals surface area contributed by atoms with Crippen molar-refractivity contribution in [2.24, 2.45) is 0 Å². The topological polar surface area (TPSA) is 92.1 Å². The number of carbonyl (C=O) groups excluding carboxylic acids is 2. The molecule has 2 aliphatic heterocycles. The van der Waals surface area contributed by atoms with Gasteiger partial charge in [-0.2, -0.15) is 0 Å². The smallest absolute Gasteiger partial charge is 0.339 e. The maximum Gasteiger partial charge on any atom is 0.339 e. The van der Waals surface area contributed by atoms with E-state index in [0.717, 1.165) is 0 Å². The Bertz CT molecular complexity index is 656. The van der Waals surface area contributed by atoms with Gasteiger partial charge >= 0.3 is 17.7 Å². The number of nitrogens with one attached hydrogen (secondary N) is 1. The SMILES string of the molecule is Cc1cc(OC2CCN(C(=O)N3CCNC3=O)C2)cc(=O)o1. The molecular weight excluding hydrogens is 290 g/mol. The molecule has 3 rings (SSSR count). The number of carbonyl (C=O) groups is 2. The first-order valence-electron chi connectivity index (χ1n) is 7.15. The van der Waals surface area contributed by atoms with Gasteiger partial charge in [0.1, 0.15) is 17.6 Å². The highest BCUT2D eigenvalue weighted by Gasteiger charge is 2.35. The van der Waals surface area contributed by atoms with Crippen LogP contribution in [0.25, 0.3) is 0 Å². The summed E-state index contributed by atoms with van der Waals surface area (Å²) in [7, 11) is 0. The van der Waals surface area contributed by atoms with Gasteiger partial charge in [-0.3, -0.25) is 0 Å². The summed E-state index contributed by atoms with van der Waals surface area (Å²) >= 11 is 0. The zero-order valence-electron chi connectivity index (χ0n) is 12.2. The summed E-state index contributed by atoms with van der Waals surface area (Å²) in [6.07, 6.45) is 0.455. The fourth-order valence-corrected chi connectivity index (χ4v) is 2.66. The Labute approximate surface area is 126 Å². The van der Waals surface area contributed by atoms with E-state index in [1.165, 1.54) is 11.0 Å². The fourth-order valence-electron chi connectivity index (χ4n) is 2.66. The van der Waals surface area contributed by atoms with Gasteiger partial charge in [0, 0.05) is 32.1 Å². The molecule has 2 aliphatic rings. The van der Waals surface area contributed by atoms with Gasteiger partial charge < -0.3 is 19.4 Å². The summed E-state index contributed by atoms with van der Waals surface area (Å²) in [5.41, 5.74) is -0.463. The van der Waals surface area contributed by atoms with Gasteiger partial charge in [-0.25, -0.2) is 19.3 Å². The molecule has 0 saturated carbocycles. The van der Waals surface area contributed by atoms with Crippen LogP contribution in [0, 0.1) is 6.92 Å². The second kappa shape index (κ2) is 5.70. The fraction of sp³-hybridized carbons (Fsp3) is 0.500. The van der Waals surface area contributed by atoms with Gasteiger partial charge in [-0.1, -0.05) is 0 Å². The zero-order chi connectivity index (χ0) is 15.7. The van der Waals surface area contributed by atoms with E-state index in [4.69, 9.17) is 9.15 Å². The summed E-state index contributed by atoms with van der Waals surface area (Å²) in [4.78, 5) is 37.8. The molecular formula is C14H17N3O5. The average Bonchev–Trinajstić information content (AvgIpc) is 3.06. The quantitative estimate of drug-likeness (QED) is 0.861. The highest BCUT2D eigenvalue weighted by Crippen LogP contribution is 2.19. The molecule has 0 aromatic carbocycles. The molecule has 1 unspecified atom stereocenters. The van der Waals surface area contributed by atoms with E-state index in [-0.39, 0.29) is 18.2 Å². The average molecular weight is 307 g/mol. The summed E-state index contributed by atoms with van der Waals surface area (Å²) in [6.45, 7) is 3.45. The molecule has 2 saturated heterocycles. The third-order valence-electron chi connectivity index (χ3n) is 3.67. The summed E-state index contributed by atoms with van der Waals surface area (Å²) in [6, 6.07) is 2.26. The molecule has 0 spiro atoms. The van der Waals surface area contributed by atoms with Crippen molar-refractivity contribution in [3.63, 3.8) is 0 Å². The number of hydrogen-bond donors (Lipinski definition) is 1. The first-order chi connectivity index (χ1) is 10.5. The van der Waals surface area contributed by atoms with Gasteiger partial charge in [-0.15, -0.1) is 0 Å².